The molecule has 1 atom stereocenters. The van der Waals surface area contributed by atoms with Crippen LogP contribution in [0.1, 0.15) is 50.0 Å². The van der Waals surface area contributed by atoms with E-state index in [1.54, 1.807) is 0 Å². The first-order valence-electron chi connectivity index (χ1n) is 9.77. The van der Waals surface area contributed by atoms with Gasteiger partial charge in [0.25, 0.3) is 0 Å². The minimum absolute atomic E-state index is 0.115. The Kier molecular flexibility index (Phi) is 2.42. The van der Waals surface area contributed by atoms with Gasteiger partial charge in [-0.25, -0.2) is 0 Å². The van der Waals surface area contributed by atoms with Crippen molar-refractivity contribution < 1.29 is 25.5 Å². The smallest absolute Gasteiger partial charge is 0.314 e. The quantitative estimate of drug-likeness (QED) is 0.821. The van der Waals surface area contributed by atoms with Gasteiger partial charge in [0.2, 0.25) is 0 Å². The van der Waals surface area contributed by atoms with Gasteiger partial charge in [-0.2, -0.15) is 13.2 Å². The van der Waals surface area contributed by atoms with Crippen molar-refractivity contribution in [3.05, 3.63) is 35.4 Å². The maximum absolute atomic E-state index is 12.8. The molecule has 0 fully saturated rings. The van der Waals surface area contributed by atoms with Crippen molar-refractivity contribution in [1.29, 1.82) is 0 Å². The van der Waals surface area contributed by atoms with Gasteiger partial charge in [-0.3, -0.25) is 0 Å². The first-order chi connectivity index (χ1) is 11.8. The van der Waals surface area contributed by atoms with Crippen molar-refractivity contribution in [1.82, 2.24) is 5.32 Å². The van der Waals surface area contributed by atoms with Crippen molar-refractivity contribution in [2.75, 3.05) is 6.50 Å². The van der Waals surface area contributed by atoms with Crippen LogP contribution in [0.2, 0.25) is 0 Å². The summed E-state index contributed by atoms with van der Waals surface area (Å²) >= 11 is 0. The molecule has 0 aliphatic rings. The minimum Gasteiger partial charge on any atom is -0.314 e. The summed E-state index contributed by atoms with van der Waals surface area (Å²) in [6, 6.07) is 3.42. The summed E-state index contributed by atoms with van der Waals surface area (Å²) in [4.78, 5) is 0. The first-order valence-corrected chi connectivity index (χ1v) is 5.27. The van der Waals surface area contributed by atoms with Gasteiger partial charge in [0.05, 0.1) is 5.56 Å². The molecule has 0 bridgehead atoms. The number of alkyl halides is 3. The number of nitrogens with one attached hydrogen (secondary N) is 1. The molecule has 1 rings (SSSR count). The van der Waals surface area contributed by atoms with E-state index in [2.05, 4.69) is 5.32 Å². The van der Waals surface area contributed by atoms with Crippen molar-refractivity contribution in [3.63, 3.8) is 0 Å². The maximum Gasteiger partial charge on any atom is 0.416 e. The second kappa shape index (κ2) is 6.78. The molecule has 102 valence electrons. The van der Waals surface area contributed by atoms with Crippen LogP contribution < -0.4 is 5.32 Å². The Labute approximate surface area is 119 Å². The van der Waals surface area contributed by atoms with Gasteiger partial charge in [-0.15, -0.1) is 0 Å². The molecule has 0 aliphatic carbocycles. The highest BCUT2D eigenvalue weighted by molar-refractivity contribution is 5.26. The molecule has 1 aromatic carbocycles. The second-order valence-corrected chi connectivity index (χ2v) is 3.82. The van der Waals surface area contributed by atoms with Crippen LogP contribution in [0.25, 0.3) is 0 Å². The van der Waals surface area contributed by atoms with Crippen molar-refractivity contribution in [2.24, 2.45) is 0 Å². The zero-order valence-corrected chi connectivity index (χ0v) is 9.73. The summed E-state index contributed by atoms with van der Waals surface area (Å²) in [6.07, 6.45) is -11.6. The molecule has 18 heavy (non-hydrogen) atoms. The van der Waals surface area contributed by atoms with Gasteiger partial charge >= 0.3 is 6.18 Å². The third kappa shape index (κ3) is 5.08. The van der Waals surface area contributed by atoms with Crippen LogP contribution in [0.3, 0.4) is 0 Å². The fourth-order valence-corrected chi connectivity index (χ4v) is 1.47. The Morgan fingerprint density at radius 1 is 1.44 bits per heavy atom. The Morgan fingerprint density at radius 3 is 2.89 bits per heavy atom. The van der Waals surface area contributed by atoms with Crippen LogP contribution in [0.15, 0.2) is 24.3 Å². The fourth-order valence-electron chi connectivity index (χ4n) is 1.47. The highest BCUT2D eigenvalue weighted by atomic mass is 19.4. The van der Waals surface area contributed by atoms with Gasteiger partial charge in [0, 0.05) is 18.4 Å². The normalized spacial score (nSPS) is 24.1. The molecule has 1 N–H and O–H groups in total. The summed E-state index contributed by atoms with van der Waals surface area (Å²) in [5.41, 5.74) is -0.677. The molecule has 0 heterocycles. The average Bonchev–Trinajstić information content (AvgIpc) is 2.44. The number of halogens is 3. The monoisotopic (exact) mass is 268 g/mol. The average molecular weight is 268 g/mol. The van der Waals surface area contributed by atoms with Crippen molar-refractivity contribution >= 4 is 0 Å². The topological polar surface area (TPSA) is 12.0 Å². The SMILES string of the molecule is [2H]C([2H])([2H])C([2H])([2H])C([2H])([2H])C([2H])([2H])NC(C)Cc1cccc(C(F)(F)F)c1. The van der Waals surface area contributed by atoms with E-state index >= 15 is 0 Å². The predicted molar refractivity (Wildman–Crippen MR) is 67.5 cm³/mol. The number of rotatable bonds is 6. The number of hydrogen-bond donors (Lipinski definition) is 1. The molecule has 0 aliphatic heterocycles. The summed E-state index contributed by atoms with van der Waals surface area (Å²) < 4.78 is 106. The lowest BCUT2D eigenvalue weighted by Crippen LogP contribution is -2.29. The maximum atomic E-state index is 12.8. The van der Waals surface area contributed by atoms with E-state index in [0.717, 1.165) is 12.1 Å². The van der Waals surface area contributed by atoms with Crippen LogP contribution in [0.4, 0.5) is 13.2 Å². The van der Waals surface area contributed by atoms with Crippen LogP contribution in [0, 0.1) is 0 Å². The lowest BCUT2D eigenvalue weighted by atomic mass is 10.0. The van der Waals surface area contributed by atoms with Crippen LogP contribution in [0.5, 0.6) is 0 Å². The number of benzene rings is 1. The lowest BCUT2D eigenvalue weighted by molar-refractivity contribution is -0.137. The molecule has 1 nitrogen and oxygen atoms in total. The zero-order chi connectivity index (χ0) is 21.5. The van der Waals surface area contributed by atoms with E-state index in [0.29, 0.717) is 0 Å². The van der Waals surface area contributed by atoms with Gasteiger partial charge in [-0.1, -0.05) is 31.4 Å². The lowest BCUT2D eigenvalue weighted by Gasteiger charge is -2.15. The second-order valence-electron chi connectivity index (χ2n) is 3.82. The molecule has 0 spiro atoms. The van der Waals surface area contributed by atoms with Crippen molar-refractivity contribution in [2.45, 2.75) is 45.2 Å². The first kappa shape index (κ1) is 6.42. The van der Waals surface area contributed by atoms with Crippen molar-refractivity contribution in [3.8, 4) is 0 Å². The van der Waals surface area contributed by atoms with Crippen LogP contribution in [-0.4, -0.2) is 12.5 Å². The highest BCUT2D eigenvalue weighted by Crippen LogP contribution is 2.29. The van der Waals surface area contributed by atoms with Gasteiger partial charge in [-0.05, 0) is 37.8 Å². The minimum atomic E-state index is -4.55. The Morgan fingerprint density at radius 2 is 2.22 bits per heavy atom. The molecule has 0 saturated heterocycles. The Balaban J connectivity index is 3.00. The van der Waals surface area contributed by atoms with Gasteiger partial charge < -0.3 is 5.32 Å². The molecule has 4 heteroatoms. The molecule has 0 aromatic heterocycles. The van der Waals surface area contributed by atoms with Gasteiger partial charge in [0.15, 0.2) is 0 Å². The largest absolute Gasteiger partial charge is 0.416 e. The molecular weight excluding hydrogens is 239 g/mol. The predicted octanol–water partition coefficient (Wildman–Crippen LogP) is 4.03. The van der Waals surface area contributed by atoms with Gasteiger partial charge in [0.1, 0.15) is 0 Å². The fraction of sp³-hybridized carbons (Fsp3) is 0.571. The van der Waals surface area contributed by atoms with E-state index in [4.69, 9.17) is 12.3 Å². The zero-order valence-electron chi connectivity index (χ0n) is 18.7. The summed E-state index contributed by atoms with van der Waals surface area (Å²) in [5.74, 6) is 0. The standard InChI is InChI=1S/C14H20F3N/c1-3-4-8-18-11(2)9-12-6-5-7-13(10-12)14(15,16)17/h5-7,10-11,18H,3-4,8-9H2,1-2H3/i1D3,3D2,4D2,8D2. The van der Waals surface area contributed by atoms with E-state index in [1.165, 1.54) is 19.1 Å². The Bertz CT molecular complexity index is 656. The van der Waals surface area contributed by atoms with Crippen LogP contribution >= 0.6 is 0 Å². The van der Waals surface area contributed by atoms with E-state index in [9.17, 15) is 13.2 Å². The third-order valence-electron chi connectivity index (χ3n) is 2.24. The van der Waals surface area contributed by atoms with E-state index in [-0.39, 0.29) is 12.0 Å². The molecule has 1 aromatic rings. The number of hydrogen-bond acceptors (Lipinski definition) is 1. The van der Waals surface area contributed by atoms with E-state index < -0.39 is 43.9 Å². The summed E-state index contributed by atoms with van der Waals surface area (Å²) in [7, 11) is 0. The van der Waals surface area contributed by atoms with Crippen LogP contribution in [-0.2, 0) is 12.6 Å². The molecular formula is C14H20F3N. The highest BCUT2D eigenvalue weighted by Gasteiger charge is 2.30. The Hall–Kier alpha value is -1.03. The third-order valence-corrected chi connectivity index (χ3v) is 2.24. The van der Waals surface area contributed by atoms with E-state index in [1.807, 2.05) is 0 Å². The summed E-state index contributed by atoms with van der Waals surface area (Å²) in [6.45, 7) is -5.15. The molecule has 1 unspecified atom stereocenters. The summed E-state index contributed by atoms with van der Waals surface area (Å²) in [5, 5.41) is 2.17. The molecule has 0 amide bonds. The molecule has 0 radical (unpaired) electrons. The molecule has 0 saturated carbocycles.